The Morgan fingerprint density at radius 2 is 1.71 bits per heavy atom. The Balaban J connectivity index is 1.66. The van der Waals surface area contributed by atoms with Gasteiger partial charge in [-0.2, -0.15) is 5.26 Å². The Morgan fingerprint density at radius 1 is 1.06 bits per heavy atom. The largest absolute Gasteiger partial charge is 0.485 e. The quantitative estimate of drug-likeness (QED) is 0.174. The highest BCUT2D eigenvalue weighted by Crippen LogP contribution is 2.46. The second-order valence-electron chi connectivity index (χ2n) is 8.41. The fourth-order valence-corrected chi connectivity index (χ4v) is 3.96. The minimum Gasteiger partial charge on any atom is -0.485 e. The van der Waals surface area contributed by atoms with Crippen LogP contribution in [0.2, 0.25) is 0 Å². The third-order valence-electron chi connectivity index (χ3n) is 5.66. The number of benzene rings is 2. The van der Waals surface area contributed by atoms with Gasteiger partial charge in [-0.05, 0) is 38.1 Å². The van der Waals surface area contributed by atoms with Gasteiger partial charge in [-0.25, -0.2) is 15.0 Å². The number of nitriles is 1. The van der Waals surface area contributed by atoms with Gasteiger partial charge in [-0.1, -0.05) is 18.2 Å². The molecule has 0 saturated heterocycles. The number of aromatic nitrogens is 2. The van der Waals surface area contributed by atoms with E-state index in [9.17, 15) is 10.4 Å². The van der Waals surface area contributed by atoms with Crippen molar-refractivity contribution in [1.82, 2.24) is 15.3 Å². The van der Waals surface area contributed by atoms with Crippen LogP contribution in [0.1, 0.15) is 25.5 Å². The lowest BCUT2D eigenvalue weighted by Crippen LogP contribution is -2.49. The number of aliphatic hydroxyl groups excluding tert-OH is 1. The van der Waals surface area contributed by atoms with Crippen molar-refractivity contribution in [2.75, 3.05) is 5.32 Å². The predicted molar refractivity (Wildman–Crippen MR) is 127 cm³/mol. The van der Waals surface area contributed by atoms with Crippen LogP contribution in [0.15, 0.2) is 81.2 Å². The van der Waals surface area contributed by atoms with Gasteiger partial charge in [-0.15, -0.1) is 0 Å². The molecular formula is C25H22N6O4. The smallest absolute Gasteiger partial charge is 0.226 e. The summed E-state index contributed by atoms with van der Waals surface area (Å²) in [5.41, 5.74) is 1.55. The van der Waals surface area contributed by atoms with E-state index in [4.69, 9.17) is 18.6 Å². The molecule has 10 nitrogen and oxygen atoms in total. The van der Waals surface area contributed by atoms with E-state index in [1.54, 1.807) is 32.2 Å². The van der Waals surface area contributed by atoms with Crippen LogP contribution in [-0.2, 0) is 0 Å². The maximum absolute atomic E-state index is 11.3. The van der Waals surface area contributed by atoms with E-state index < -0.39 is 17.7 Å². The molecular weight excluding hydrogens is 448 g/mol. The van der Waals surface area contributed by atoms with Crippen molar-refractivity contribution in [3.63, 3.8) is 0 Å². The van der Waals surface area contributed by atoms with E-state index in [2.05, 4.69) is 20.6 Å². The number of hydrogen-bond donors (Lipinski definition) is 3. The average Bonchev–Trinajstić information content (AvgIpc) is 3.57. The third kappa shape index (κ3) is 4.32. The second-order valence-corrected chi connectivity index (χ2v) is 8.41. The molecule has 2 aromatic carbocycles. The Bertz CT molecular complexity index is 1380. The van der Waals surface area contributed by atoms with Gasteiger partial charge in [0.1, 0.15) is 36.0 Å². The molecule has 4 aromatic rings. The van der Waals surface area contributed by atoms with Crippen LogP contribution in [0.5, 0.6) is 5.75 Å². The van der Waals surface area contributed by atoms with E-state index >= 15 is 0 Å². The maximum Gasteiger partial charge on any atom is 0.226 e. The van der Waals surface area contributed by atoms with E-state index in [1.165, 1.54) is 18.7 Å². The zero-order valence-electron chi connectivity index (χ0n) is 19.0. The van der Waals surface area contributed by atoms with Crippen LogP contribution in [0.25, 0.3) is 22.9 Å². The van der Waals surface area contributed by atoms with Crippen LogP contribution >= 0.6 is 0 Å². The molecule has 0 spiro atoms. The first kappa shape index (κ1) is 22.2. The highest BCUT2D eigenvalue weighted by Gasteiger charge is 2.44. The lowest BCUT2D eigenvalue weighted by atomic mass is 9.85. The van der Waals surface area contributed by atoms with Crippen LogP contribution < -0.4 is 15.4 Å². The van der Waals surface area contributed by atoms with Crippen molar-refractivity contribution < 1.29 is 18.7 Å². The standard InChI is InChI=1S/C25H22N6O4/c1-25(2)21(32)20(31-24(29-14-26)30-15-6-4-3-5-7-15)18-12-16(22-27-8-10-33-22)17(13-19(18)35-25)23-28-9-11-34-23/h3-13,20-21,32H,1-2H3,(H2,29,30,31)/t20-,21+/m1/s1. The normalized spacial score (nSPS) is 18.7. The predicted octanol–water partition coefficient (Wildman–Crippen LogP) is 4.11. The molecule has 10 heteroatoms. The monoisotopic (exact) mass is 470 g/mol. The van der Waals surface area contributed by atoms with Gasteiger partial charge in [0.25, 0.3) is 0 Å². The molecule has 3 heterocycles. The first-order valence-electron chi connectivity index (χ1n) is 10.9. The van der Waals surface area contributed by atoms with Crippen molar-refractivity contribution in [2.45, 2.75) is 31.6 Å². The molecule has 176 valence electrons. The molecule has 2 aromatic heterocycles. The number of anilines is 1. The zero-order chi connectivity index (χ0) is 24.4. The molecule has 35 heavy (non-hydrogen) atoms. The summed E-state index contributed by atoms with van der Waals surface area (Å²) < 4.78 is 17.3. The lowest BCUT2D eigenvalue weighted by molar-refractivity contribution is -0.0566. The minimum atomic E-state index is -1.03. The Labute approximate surface area is 200 Å². The number of guanidine groups is 1. The number of nitrogens with zero attached hydrogens (tertiary/aromatic N) is 4. The summed E-state index contributed by atoms with van der Waals surface area (Å²) >= 11 is 0. The van der Waals surface area contributed by atoms with Crippen LogP contribution in [0.4, 0.5) is 5.69 Å². The molecule has 0 fully saturated rings. The lowest BCUT2D eigenvalue weighted by Gasteiger charge is -2.41. The Morgan fingerprint density at radius 3 is 2.31 bits per heavy atom. The molecule has 0 amide bonds. The molecule has 0 aliphatic carbocycles. The molecule has 2 atom stereocenters. The zero-order valence-corrected chi connectivity index (χ0v) is 19.0. The van der Waals surface area contributed by atoms with Gasteiger partial charge >= 0.3 is 0 Å². The van der Waals surface area contributed by atoms with Gasteiger partial charge < -0.3 is 24.0 Å². The number of nitrogens with one attached hydrogen (secondary N) is 2. The highest BCUT2D eigenvalue weighted by molar-refractivity contribution is 5.94. The van der Waals surface area contributed by atoms with Crippen molar-refractivity contribution >= 4 is 11.6 Å². The molecule has 1 aliphatic rings. The number of oxazole rings is 2. The topological polar surface area (TPSA) is 142 Å². The molecule has 5 rings (SSSR count). The third-order valence-corrected chi connectivity index (χ3v) is 5.66. The second kappa shape index (κ2) is 8.96. The van der Waals surface area contributed by atoms with E-state index in [-0.39, 0.29) is 5.96 Å². The fraction of sp³-hybridized carbons (Fsp3) is 0.200. The summed E-state index contributed by atoms with van der Waals surface area (Å²) in [5.74, 6) is 1.39. The van der Waals surface area contributed by atoms with Crippen molar-refractivity contribution in [3.8, 4) is 34.9 Å². The average molecular weight is 470 g/mol. The van der Waals surface area contributed by atoms with Crippen LogP contribution in [0.3, 0.4) is 0 Å². The summed E-state index contributed by atoms with van der Waals surface area (Å²) in [7, 11) is 0. The summed E-state index contributed by atoms with van der Waals surface area (Å²) in [6.07, 6.45) is 6.89. The van der Waals surface area contributed by atoms with Gasteiger partial charge in [0.05, 0.1) is 23.5 Å². The molecule has 1 aliphatic heterocycles. The highest BCUT2D eigenvalue weighted by atomic mass is 16.5. The van der Waals surface area contributed by atoms with Crippen molar-refractivity contribution in [1.29, 1.82) is 5.26 Å². The minimum absolute atomic E-state index is 0.181. The van der Waals surface area contributed by atoms with E-state index in [1.807, 2.05) is 36.5 Å². The number of ether oxygens (including phenoxy) is 1. The first-order valence-corrected chi connectivity index (χ1v) is 10.9. The van der Waals surface area contributed by atoms with Gasteiger partial charge in [0.2, 0.25) is 17.7 Å². The molecule has 0 unspecified atom stereocenters. The number of fused-ring (bicyclic) bond motifs is 1. The van der Waals surface area contributed by atoms with E-state index in [0.29, 0.717) is 34.2 Å². The summed E-state index contributed by atoms with van der Waals surface area (Å²) in [6, 6.07) is 12.1. The van der Waals surface area contributed by atoms with Crippen LogP contribution in [-0.4, -0.2) is 32.7 Å². The summed E-state index contributed by atoms with van der Waals surface area (Å²) in [5, 5.41) is 26.2. The Hall–Kier alpha value is -4.62. The van der Waals surface area contributed by atoms with E-state index in [0.717, 1.165) is 5.69 Å². The molecule has 0 bridgehead atoms. The summed E-state index contributed by atoms with van der Waals surface area (Å²) in [4.78, 5) is 13.3. The number of hydrogen-bond acceptors (Lipinski definition) is 8. The number of aliphatic hydroxyl groups is 1. The van der Waals surface area contributed by atoms with Crippen molar-refractivity contribution in [3.05, 3.63) is 72.9 Å². The summed E-state index contributed by atoms with van der Waals surface area (Å²) in [6.45, 7) is 3.55. The molecule has 0 radical (unpaired) electrons. The maximum atomic E-state index is 11.3. The van der Waals surface area contributed by atoms with Gasteiger partial charge in [0, 0.05) is 11.3 Å². The van der Waals surface area contributed by atoms with Crippen molar-refractivity contribution in [2.24, 2.45) is 4.99 Å². The SMILES string of the molecule is CC1(C)Oc2cc(-c3ncco3)c(-c3ncco3)cc2[C@@H](N=C(NC#N)Nc2ccccc2)[C@@H]1O. The van der Waals surface area contributed by atoms with Gasteiger partial charge in [-0.3, -0.25) is 5.32 Å². The number of para-hydroxylation sites is 1. The first-order chi connectivity index (χ1) is 17.0. The fourth-order valence-electron chi connectivity index (χ4n) is 3.96. The Kier molecular flexibility index (Phi) is 5.68. The van der Waals surface area contributed by atoms with Gasteiger partial charge in [0.15, 0.2) is 6.19 Å². The van der Waals surface area contributed by atoms with Crippen LogP contribution in [0, 0.1) is 11.5 Å². The number of aliphatic imine (C=N–C) groups is 1. The molecule has 0 saturated carbocycles. The number of rotatable bonds is 4. The molecule has 3 N–H and O–H groups in total.